The van der Waals surface area contributed by atoms with Crippen LogP contribution in [0.1, 0.15) is 5.56 Å². The first kappa shape index (κ1) is 25.7. The molecular weight excluding hydrogens is 574 g/mol. The molecule has 3 aromatic heterocycles. The van der Waals surface area contributed by atoms with E-state index in [2.05, 4.69) is 130 Å². The number of hydrogen-bond donors (Lipinski definition) is 0. The largest absolute Gasteiger partial charge is 0.456 e. The van der Waals surface area contributed by atoms with Crippen LogP contribution < -0.4 is 0 Å². The molecule has 3 heterocycles. The second kappa shape index (κ2) is 9.71. The third-order valence-corrected chi connectivity index (χ3v) is 9.56. The predicted octanol–water partition coefficient (Wildman–Crippen LogP) is 11.3. The Morgan fingerprint density at radius 1 is 0.447 bits per heavy atom. The fourth-order valence-electron chi connectivity index (χ4n) is 7.56. The van der Waals surface area contributed by atoms with Crippen LogP contribution in [-0.4, -0.2) is 9.13 Å². The number of nitrogens with zero attached hydrogens (tertiary/aromatic N) is 3. The van der Waals surface area contributed by atoms with Crippen molar-refractivity contribution in [3.05, 3.63) is 157 Å². The predicted molar refractivity (Wildman–Crippen MR) is 193 cm³/mol. The van der Waals surface area contributed by atoms with Gasteiger partial charge in [-0.3, -0.25) is 0 Å². The van der Waals surface area contributed by atoms with E-state index in [-0.39, 0.29) is 0 Å². The highest BCUT2D eigenvalue weighted by Crippen LogP contribution is 2.41. The van der Waals surface area contributed by atoms with Crippen LogP contribution in [0.25, 0.3) is 88.1 Å². The second-order valence-corrected chi connectivity index (χ2v) is 12.0. The van der Waals surface area contributed by atoms with Crippen LogP contribution in [0.2, 0.25) is 0 Å². The zero-order chi connectivity index (χ0) is 31.1. The molecule has 10 rings (SSSR count). The molecule has 0 unspecified atom stereocenters. The summed E-state index contributed by atoms with van der Waals surface area (Å²) in [4.78, 5) is 0. The molecule has 0 atom stereocenters. The van der Waals surface area contributed by atoms with E-state index in [0.29, 0.717) is 5.56 Å². The minimum absolute atomic E-state index is 0.627. The van der Waals surface area contributed by atoms with Gasteiger partial charge in [0.15, 0.2) is 0 Å². The Morgan fingerprint density at radius 2 is 1.04 bits per heavy atom. The number of para-hydroxylation sites is 4. The smallest absolute Gasteiger partial charge is 0.135 e. The Kier molecular flexibility index (Phi) is 5.32. The van der Waals surface area contributed by atoms with Crippen molar-refractivity contribution in [3.8, 4) is 28.6 Å². The van der Waals surface area contributed by atoms with Crippen molar-refractivity contribution in [2.24, 2.45) is 0 Å². The first-order valence-corrected chi connectivity index (χ1v) is 15.8. The zero-order valence-electron chi connectivity index (χ0n) is 25.2. The van der Waals surface area contributed by atoms with Gasteiger partial charge in [-0.2, -0.15) is 5.26 Å². The van der Waals surface area contributed by atoms with Crippen LogP contribution in [0.3, 0.4) is 0 Å². The number of hydrogen-bond acceptors (Lipinski definition) is 2. The molecule has 0 radical (unpaired) electrons. The molecule has 0 amide bonds. The number of nitriles is 1. The third-order valence-electron chi connectivity index (χ3n) is 9.56. The van der Waals surface area contributed by atoms with Gasteiger partial charge in [0.25, 0.3) is 0 Å². The van der Waals surface area contributed by atoms with Crippen molar-refractivity contribution in [1.29, 1.82) is 5.26 Å². The normalized spacial score (nSPS) is 11.8. The molecule has 0 spiro atoms. The maximum Gasteiger partial charge on any atom is 0.135 e. The van der Waals surface area contributed by atoms with Gasteiger partial charge in [0.2, 0.25) is 0 Å². The standard InChI is InChI=1S/C43H25N3O/c44-26-28-10-9-18-40(43(28)27-20-23-42-35(24-27)33-14-4-8-19-41(33)47-42)46-38-17-7-3-13-32(38)34-25-29(21-22-39(34)46)45-36-15-5-1-11-30(36)31-12-2-6-16-37(31)45/h1-25H. The number of aromatic nitrogens is 2. The summed E-state index contributed by atoms with van der Waals surface area (Å²) in [7, 11) is 0. The van der Waals surface area contributed by atoms with Gasteiger partial charge in [-0.1, -0.05) is 84.9 Å². The minimum atomic E-state index is 0.627. The van der Waals surface area contributed by atoms with Crippen LogP contribution in [0, 0.1) is 11.3 Å². The summed E-state index contributed by atoms with van der Waals surface area (Å²) in [5, 5.41) is 17.3. The van der Waals surface area contributed by atoms with Crippen LogP contribution in [-0.2, 0) is 0 Å². The molecule has 0 N–H and O–H groups in total. The van der Waals surface area contributed by atoms with Crippen molar-refractivity contribution < 1.29 is 4.42 Å². The van der Waals surface area contributed by atoms with Crippen molar-refractivity contribution >= 4 is 65.6 Å². The second-order valence-electron chi connectivity index (χ2n) is 12.0. The Morgan fingerprint density at radius 3 is 1.77 bits per heavy atom. The Labute approximate surface area is 269 Å². The zero-order valence-corrected chi connectivity index (χ0v) is 25.2. The Bertz CT molecular complexity index is 2880. The number of fused-ring (bicyclic) bond motifs is 9. The van der Waals surface area contributed by atoms with E-state index in [9.17, 15) is 5.26 Å². The van der Waals surface area contributed by atoms with Gasteiger partial charge < -0.3 is 13.6 Å². The number of rotatable bonds is 3. The van der Waals surface area contributed by atoms with E-state index in [0.717, 1.165) is 66.2 Å². The first-order valence-electron chi connectivity index (χ1n) is 15.8. The van der Waals surface area contributed by atoms with Crippen molar-refractivity contribution in [2.75, 3.05) is 0 Å². The monoisotopic (exact) mass is 599 g/mol. The lowest BCUT2D eigenvalue weighted by Gasteiger charge is -2.16. The maximum absolute atomic E-state index is 10.4. The molecule has 47 heavy (non-hydrogen) atoms. The first-order chi connectivity index (χ1) is 23.3. The average molecular weight is 600 g/mol. The van der Waals surface area contributed by atoms with E-state index in [1.54, 1.807) is 0 Å². The van der Waals surface area contributed by atoms with Crippen LogP contribution >= 0.6 is 0 Å². The lowest BCUT2D eigenvalue weighted by molar-refractivity contribution is 0.669. The summed E-state index contributed by atoms with van der Waals surface area (Å²) in [5.41, 5.74) is 10.8. The molecule has 0 saturated carbocycles. The van der Waals surface area contributed by atoms with E-state index in [1.807, 2.05) is 36.4 Å². The Hall–Kier alpha value is -6.57. The number of furan rings is 1. The lowest BCUT2D eigenvalue weighted by Crippen LogP contribution is -2.00. The van der Waals surface area contributed by atoms with E-state index in [1.165, 1.54) is 21.8 Å². The molecule has 0 fully saturated rings. The third kappa shape index (κ3) is 3.63. The van der Waals surface area contributed by atoms with Crippen LogP contribution in [0.5, 0.6) is 0 Å². The Balaban J connectivity index is 1.26. The fraction of sp³-hybridized carbons (Fsp3) is 0. The molecule has 218 valence electrons. The maximum atomic E-state index is 10.4. The summed E-state index contributed by atoms with van der Waals surface area (Å²) in [5.74, 6) is 0. The van der Waals surface area contributed by atoms with Crippen LogP contribution in [0.15, 0.2) is 156 Å². The van der Waals surface area contributed by atoms with E-state index < -0.39 is 0 Å². The molecular formula is C43H25N3O. The minimum Gasteiger partial charge on any atom is -0.456 e. The molecule has 7 aromatic carbocycles. The molecule has 0 saturated heterocycles. The van der Waals surface area contributed by atoms with Crippen LogP contribution in [0.4, 0.5) is 0 Å². The van der Waals surface area contributed by atoms with Gasteiger partial charge in [0, 0.05) is 43.6 Å². The van der Waals surface area contributed by atoms with E-state index in [4.69, 9.17) is 4.42 Å². The summed E-state index contributed by atoms with van der Waals surface area (Å²) >= 11 is 0. The topological polar surface area (TPSA) is 46.8 Å². The average Bonchev–Trinajstić information content (AvgIpc) is 3.78. The van der Waals surface area contributed by atoms with E-state index >= 15 is 0 Å². The molecule has 10 aromatic rings. The lowest BCUT2D eigenvalue weighted by atomic mass is 9.96. The highest BCUT2D eigenvalue weighted by Gasteiger charge is 2.20. The highest BCUT2D eigenvalue weighted by molar-refractivity contribution is 6.13. The molecule has 0 aliphatic heterocycles. The summed E-state index contributed by atoms with van der Waals surface area (Å²) in [6.45, 7) is 0. The van der Waals surface area contributed by atoms with Crippen molar-refractivity contribution in [1.82, 2.24) is 9.13 Å². The molecule has 0 aliphatic rings. The van der Waals surface area contributed by atoms with Crippen molar-refractivity contribution in [3.63, 3.8) is 0 Å². The van der Waals surface area contributed by atoms with Gasteiger partial charge in [0.05, 0.1) is 39.4 Å². The van der Waals surface area contributed by atoms with Gasteiger partial charge in [-0.25, -0.2) is 0 Å². The van der Waals surface area contributed by atoms with Crippen molar-refractivity contribution in [2.45, 2.75) is 0 Å². The molecule has 0 bridgehead atoms. The van der Waals surface area contributed by atoms with Gasteiger partial charge >= 0.3 is 0 Å². The molecule has 4 heteroatoms. The molecule has 0 aliphatic carbocycles. The molecule has 4 nitrogen and oxygen atoms in total. The summed E-state index contributed by atoms with van der Waals surface area (Å²) in [6, 6.07) is 55.4. The fourth-order valence-corrected chi connectivity index (χ4v) is 7.56. The van der Waals surface area contributed by atoms with Gasteiger partial charge in [-0.05, 0) is 72.3 Å². The number of benzene rings is 7. The summed E-state index contributed by atoms with van der Waals surface area (Å²) < 4.78 is 10.8. The van der Waals surface area contributed by atoms with Gasteiger partial charge in [-0.15, -0.1) is 0 Å². The highest BCUT2D eigenvalue weighted by atomic mass is 16.3. The SMILES string of the molecule is N#Cc1cccc(-n2c3ccccc3c3cc(-n4c5ccccc5c5ccccc54)ccc32)c1-c1ccc2oc3ccccc3c2c1. The quantitative estimate of drug-likeness (QED) is 0.203. The van der Waals surface area contributed by atoms with Gasteiger partial charge in [0.1, 0.15) is 11.2 Å². The summed E-state index contributed by atoms with van der Waals surface area (Å²) in [6.07, 6.45) is 0.